The molecule has 1 amide bonds. The third-order valence-electron chi connectivity index (χ3n) is 6.96. The van der Waals surface area contributed by atoms with E-state index in [-0.39, 0.29) is 11.9 Å². The summed E-state index contributed by atoms with van der Waals surface area (Å²) in [5, 5.41) is 6.15. The fraction of sp³-hybridized carbons (Fsp3) is 0.536. The van der Waals surface area contributed by atoms with Gasteiger partial charge in [-0.3, -0.25) is 0 Å². The topological polar surface area (TPSA) is 63.5 Å². The van der Waals surface area contributed by atoms with Crippen molar-refractivity contribution in [3.63, 3.8) is 0 Å². The Bertz CT molecular complexity index is 1180. The molecule has 3 heterocycles. The number of halogens is 1. The smallest absolute Gasteiger partial charge is 0.409 e. The first-order valence-electron chi connectivity index (χ1n) is 13.2. The van der Waals surface area contributed by atoms with Gasteiger partial charge in [-0.15, -0.1) is 0 Å². The van der Waals surface area contributed by atoms with Gasteiger partial charge < -0.3 is 14.5 Å². The minimum absolute atomic E-state index is 0.245. The molecule has 7 nitrogen and oxygen atoms in total. The van der Waals surface area contributed by atoms with E-state index in [1.807, 2.05) is 18.5 Å². The first-order valence-corrected chi connectivity index (χ1v) is 13.2. The molecule has 0 aliphatic carbocycles. The molecule has 1 aliphatic heterocycles. The van der Waals surface area contributed by atoms with Crippen molar-refractivity contribution >= 4 is 22.9 Å². The van der Waals surface area contributed by atoms with Gasteiger partial charge in [0.05, 0.1) is 18.0 Å². The van der Waals surface area contributed by atoms with Gasteiger partial charge in [-0.05, 0) is 61.1 Å². The average molecular weight is 496 g/mol. The standard InChI is InChI=1S/C28H38FN5O2/c1-6-20(7-2)26-25-21(8-3)17-24(30-27(25)34(31-26)23-11-9-22(29)10-12-23)32-13-15-33(16-14-32)28(35)36-18-19(4)5/h9-12,17,19-20H,6-8,13-16,18H2,1-5H3. The predicted octanol–water partition coefficient (Wildman–Crippen LogP) is 5.94. The molecule has 1 saturated heterocycles. The molecule has 3 aromatic rings. The molecule has 0 bridgehead atoms. The van der Waals surface area contributed by atoms with E-state index in [2.05, 4.69) is 31.7 Å². The van der Waals surface area contributed by atoms with Gasteiger partial charge in [0, 0.05) is 37.5 Å². The molecule has 0 atom stereocenters. The van der Waals surface area contributed by atoms with Crippen molar-refractivity contribution in [3.05, 3.63) is 47.4 Å². The van der Waals surface area contributed by atoms with Gasteiger partial charge in [0.1, 0.15) is 11.6 Å². The third kappa shape index (κ3) is 5.32. The van der Waals surface area contributed by atoms with Crippen LogP contribution in [0.1, 0.15) is 64.6 Å². The Balaban J connectivity index is 1.70. The molecule has 1 aromatic carbocycles. The number of carbonyl (C=O) groups is 1. The molecule has 0 radical (unpaired) electrons. The number of piperazine rings is 1. The van der Waals surface area contributed by atoms with Crippen molar-refractivity contribution in [3.8, 4) is 5.69 Å². The van der Waals surface area contributed by atoms with Gasteiger partial charge in [0.2, 0.25) is 0 Å². The normalized spacial score (nSPS) is 14.3. The maximum Gasteiger partial charge on any atom is 0.409 e. The van der Waals surface area contributed by atoms with Crippen LogP contribution >= 0.6 is 0 Å². The maximum atomic E-state index is 13.7. The minimum atomic E-state index is -0.275. The Morgan fingerprint density at radius 1 is 1.06 bits per heavy atom. The molecule has 0 spiro atoms. The fourth-order valence-electron chi connectivity index (χ4n) is 4.82. The van der Waals surface area contributed by atoms with Crippen molar-refractivity contribution in [1.82, 2.24) is 19.7 Å². The lowest BCUT2D eigenvalue weighted by Crippen LogP contribution is -2.49. The number of amides is 1. The number of anilines is 1. The second kappa shape index (κ2) is 11.3. The van der Waals surface area contributed by atoms with E-state index >= 15 is 0 Å². The van der Waals surface area contributed by atoms with Crippen molar-refractivity contribution in [2.24, 2.45) is 5.92 Å². The first-order chi connectivity index (χ1) is 17.4. The molecule has 0 saturated carbocycles. The molecule has 0 unspecified atom stereocenters. The molecule has 1 fully saturated rings. The quantitative estimate of drug-likeness (QED) is 0.387. The van der Waals surface area contributed by atoms with Crippen LogP contribution in [0.3, 0.4) is 0 Å². The van der Waals surface area contributed by atoms with Gasteiger partial charge >= 0.3 is 6.09 Å². The summed E-state index contributed by atoms with van der Waals surface area (Å²) in [4.78, 5) is 21.5. The SMILES string of the molecule is CCc1cc(N2CCN(C(=O)OCC(C)C)CC2)nc2c1c(C(CC)CC)nn2-c1ccc(F)cc1. The number of ether oxygens (including phenoxy) is 1. The molecule has 194 valence electrons. The highest BCUT2D eigenvalue weighted by Gasteiger charge is 2.26. The monoisotopic (exact) mass is 495 g/mol. The van der Waals surface area contributed by atoms with Gasteiger partial charge in [-0.1, -0.05) is 34.6 Å². The van der Waals surface area contributed by atoms with Crippen molar-refractivity contribution in [1.29, 1.82) is 0 Å². The summed E-state index contributed by atoms with van der Waals surface area (Å²) in [5.41, 5.74) is 3.87. The van der Waals surface area contributed by atoms with E-state index < -0.39 is 0 Å². The summed E-state index contributed by atoms with van der Waals surface area (Å²) >= 11 is 0. The molecular weight excluding hydrogens is 457 g/mol. The molecule has 36 heavy (non-hydrogen) atoms. The van der Waals surface area contributed by atoms with E-state index in [0.717, 1.165) is 47.5 Å². The number of pyridine rings is 1. The number of hydrogen-bond acceptors (Lipinski definition) is 5. The number of aryl methyl sites for hydroxylation is 1. The van der Waals surface area contributed by atoms with Crippen LogP contribution in [0, 0.1) is 11.7 Å². The molecule has 8 heteroatoms. The maximum absolute atomic E-state index is 13.7. The van der Waals surface area contributed by atoms with Crippen LogP contribution in [0.2, 0.25) is 0 Å². The zero-order valence-corrected chi connectivity index (χ0v) is 22.1. The number of fused-ring (bicyclic) bond motifs is 1. The Morgan fingerprint density at radius 2 is 1.72 bits per heavy atom. The number of rotatable bonds is 8. The molecular formula is C28H38FN5O2. The van der Waals surface area contributed by atoms with Crippen LogP contribution in [0.25, 0.3) is 16.7 Å². The lowest BCUT2D eigenvalue weighted by Gasteiger charge is -2.35. The highest BCUT2D eigenvalue weighted by Crippen LogP contribution is 2.35. The predicted molar refractivity (Wildman–Crippen MR) is 141 cm³/mol. The second-order valence-electron chi connectivity index (χ2n) is 9.92. The van der Waals surface area contributed by atoms with E-state index in [4.69, 9.17) is 14.8 Å². The van der Waals surface area contributed by atoms with E-state index in [9.17, 15) is 9.18 Å². The van der Waals surface area contributed by atoms with E-state index in [1.165, 1.54) is 17.7 Å². The fourth-order valence-corrected chi connectivity index (χ4v) is 4.82. The van der Waals surface area contributed by atoms with Crippen LogP contribution in [0.5, 0.6) is 0 Å². The number of hydrogen-bond donors (Lipinski definition) is 0. The van der Waals surface area contributed by atoms with Crippen LogP contribution in [0.15, 0.2) is 30.3 Å². The Kier molecular flexibility index (Phi) is 8.11. The summed E-state index contributed by atoms with van der Waals surface area (Å²) < 4.78 is 20.9. The Morgan fingerprint density at radius 3 is 2.31 bits per heavy atom. The Labute approximate surface area is 213 Å². The van der Waals surface area contributed by atoms with Crippen molar-refractivity contribution in [2.45, 2.75) is 59.8 Å². The van der Waals surface area contributed by atoms with Crippen LogP contribution in [0.4, 0.5) is 15.0 Å². The third-order valence-corrected chi connectivity index (χ3v) is 6.96. The van der Waals surface area contributed by atoms with Gasteiger partial charge in [-0.25, -0.2) is 18.9 Å². The van der Waals surface area contributed by atoms with Crippen LogP contribution < -0.4 is 4.90 Å². The first kappa shape index (κ1) is 25.9. The second-order valence-corrected chi connectivity index (χ2v) is 9.92. The van der Waals surface area contributed by atoms with E-state index in [1.54, 1.807) is 17.0 Å². The Hall–Kier alpha value is -3.16. The number of nitrogens with zero attached hydrogens (tertiary/aromatic N) is 5. The number of aromatic nitrogens is 3. The van der Waals surface area contributed by atoms with Crippen molar-refractivity contribution < 1.29 is 13.9 Å². The highest BCUT2D eigenvalue weighted by molar-refractivity contribution is 5.86. The largest absolute Gasteiger partial charge is 0.449 e. The van der Waals surface area contributed by atoms with Crippen molar-refractivity contribution in [2.75, 3.05) is 37.7 Å². The summed E-state index contributed by atoms with van der Waals surface area (Å²) in [5.74, 6) is 1.25. The molecule has 2 aromatic heterocycles. The zero-order valence-electron chi connectivity index (χ0n) is 22.1. The molecule has 4 rings (SSSR count). The summed E-state index contributed by atoms with van der Waals surface area (Å²) in [6, 6.07) is 8.60. The van der Waals surface area contributed by atoms with E-state index in [0.29, 0.717) is 44.6 Å². The summed E-state index contributed by atoms with van der Waals surface area (Å²) in [7, 11) is 0. The van der Waals surface area contributed by atoms with Crippen LogP contribution in [-0.4, -0.2) is 58.5 Å². The molecule has 1 aliphatic rings. The number of benzene rings is 1. The minimum Gasteiger partial charge on any atom is -0.449 e. The number of carbonyl (C=O) groups excluding carboxylic acids is 1. The molecule has 0 N–H and O–H groups in total. The van der Waals surface area contributed by atoms with Gasteiger partial charge in [-0.2, -0.15) is 5.10 Å². The van der Waals surface area contributed by atoms with Gasteiger partial charge in [0.15, 0.2) is 5.65 Å². The summed E-state index contributed by atoms with van der Waals surface area (Å²) in [6.45, 7) is 13.6. The lowest BCUT2D eigenvalue weighted by molar-refractivity contribution is 0.0901. The zero-order chi connectivity index (χ0) is 25.8. The highest BCUT2D eigenvalue weighted by atomic mass is 19.1. The lowest BCUT2D eigenvalue weighted by atomic mass is 9.95. The van der Waals surface area contributed by atoms with Crippen LogP contribution in [-0.2, 0) is 11.2 Å². The average Bonchev–Trinajstić information content (AvgIpc) is 3.27. The van der Waals surface area contributed by atoms with Gasteiger partial charge in [0.25, 0.3) is 0 Å². The summed E-state index contributed by atoms with van der Waals surface area (Å²) in [6.07, 6.45) is 2.60.